The molecule has 1 saturated heterocycles. The Morgan fingerprint density at radius 3 is 2.64 bits per heavy atom. The van der Waals surface area contributed by atoms with E-state index in [0.29, 0.717) is 17.9 Å². The van der Waals surface area contributed by atoms with Crippen molar-refractivity contribution in [3.05, 3.63) is 53.1 Å². The molecule has 2 aromatic rings. The van der Waals surface area contributed by atoms with Crippen molar-refractivity contribution in [2.24, 2.45) is 0 Å². The largest absolute Gasteiger partial charge is 0.493 e. The number of rotatable bonds is 2. The van der Waals surface area contributed by atoms with E-state index in [1.165, 1.54) is 0 Å². The molecule has 2 heterocycles. The number of ether oxygens (including phenoxy) is 2. The Kier molecular flexibility index (Phi) is 3.42. The van der Waals surface area contributed by atoms with Crippen molar-refractivity contribution in [1.82, 2.24) is 5.32 Å². The summed E-state index contributed by atoms with van der Waals surface area (Å²) in [4.78, 5) is 14.6. The van der Waals surface area contributed by atoms with Gasteiger partial charge in [-0.05, 0) is 50.1 Å². The fraction of sp³-hybridized carbons (Fsp3) is 0.350. The number of nitrogens with zero attached hydrogens (tertiary/aromatic N) is 1. The third-order valence-corrected chi connectivity index (χ3v) is 4.95. The number of amides is 2. The van der Waals surface area contributed by atoms with Crippen molar-refractivity contribution in [3.63, 3.8) is 0 Å². The highest BCUT2D eigenvalue weighted by Gasteiger charge is 2.50. The van der Waals surface area contributed by atoms with Crippen LogP contribution in [0.4, 0.5) is 10.5 Å². The molecule has 2 aromatic carbocycles. The lowest BCUT2D eigenvalue weighted by Gasteiger charge is -2.50. The third kappa shape index (κ3) is 2.42. The monoisotopic (exact) mass is 338 g/mol. The maximum absolute atomic E-state index is 12.9. The fourth-order valence-corrected chi connectivity index (χ4v) is 3.99. The first-order valence-corrected chi connectivity index (χ1v) is 8.46. The van der Waals surface area contributed by atoms with E-state index in [9.17, 15) is 4.79 Å². The van der Waals surface area contributed by atoms with Gasteiger partial charge in [0.25, 0.3) is 0 Å². The molecule has 2 bridgehead atoms. The Balaban J connectivity index is 1.84. The average Bonchev–Trinajstić information content (AvgIpc) is 2.52. The van der Waals surface area contributed by atoms with E-state index in [1.807, 2.05) is 51.1 Å². The summed E-state index contributed by atoms with van der Waals surface area (Å²) < 4.78 is 11.8. The van der Waals surface area contributed by atoms with Gasteiger partial charge in [-0.15, -0.1) is 0 Å². The second-order valence-corrected chi connectivity index (χ2v) is 7.04. The predicted octanol–water partition coefficient (Wildman–Crippen LogP) is 4.08. The van der Waals surface area contributed by atoms with Crippen LogP contribution in [0, 0.1) is 13.8 Å². The Labute approximate surface area is 147 Å². The fourth-order valence-electron chi connectivity index (χ4n) is 3.99. The van der Waals surface area contributed by atoms with Crippen molar-refractivity contribution in [2.75, 3.05) is 12.0 Å². The second-order valence-electron chi connectivity index (χ2n) is 7.04. The quantitative estimate of drug-likeness (QED) is 0.897. The first-order valence-electron chi connectivity index (χ1n) is 8.46. The van der Waals surface area contributed by atoms with E-state index in [-0.39, 0.29) is 12.1 Å². The summed E-state index contributed by atoms with van der Waals surface area (Å²) in [5, 5.41) is 3.12. The summed E-state index contributed by atoms with van der Waals surface area (Å²) in [5.74, 6) is 1.39. The van der Waals surface area contributed by atoms with Gasteiger partial charge in [0, 0.05) is 17.7 Å². The van der Waals surface area contributed by atoms with E-state index in [0.717, 1.165) is 22.4 Å². The zero-order chi connectivity index (χ0) is 17.8. The molecule has 1 fully saturated rings. The van der Waals surface area contributed by atoms with Crippen LogP contribution in [0.2, 0.25) is 0 Å². The molecule has 2 amide bonds. The molecule has 0 unspecified atom stereocenters. The van der Waals surface area contributed by atoms with Gasteiger partial charge in [0.1, 0.15) is 0 Å². The molecule has 2 aliphatic rings. The van der Waals surface area contributed by atoms with Gasteiger partial charge in [-0.1, -0.05) is 18.2 Å². The number of anilines is 1. The smallest absolute Gasteiger partial charge is 0.325 e. The Morgan fingerprint density at radius 2 is 1.96 bits per heavy atom. The highest BCUT2D eigenvalue weighted by atomic mass is 16.5. The van der Waals surface area contributed by atoms with Gasteiger partial charge >= 0.3 is 6.03 Å². The molecule has 0 spiro atoms. The SMILES string of the molecule is COc1cccc2c1O[C@]1(C)C[C@@H]2NC(=O)N1c1cc(C)cc(C)c1. The molecule has 2 atom stereocenters. The lowest BCUT2D eigenvalue weighted by atomic mass is 9.89. The number of hydrogen-bond donors (Lipinski definition) is 1. The van der Waals surface area contributed by atoms with Gasteiger partial charge in [0.05, 0.1) is 13.2 Å². The number of carbonyl (C=O) groups excluding carboxylic acids is 1. The van der Waals surface area contributed by atoms with E-state index < -0.39 is 5.72 Å². The summed E-state index contributed by atoms with van der Waals surface area (Å²) in [5.41, 5.74) is 3.26. The molecule has 5 nitrogen and oxygen atoms in total. The van der Waals surface area contributed by atoms with Gasteiger partial charge in [0.2, 0.25) is 0 Å². The molecule has 0 aromatic heterocycles. The number of para-hydroxylation sites is 1. The summed E-state index contributed by atoms with van der Waals surface area (Å²) in [7, 11) is 1.63. The summed E-state index contributed by atoms with van der Waals surface area (Å²) in [6.07, 6.45) is 0.673. The Bertz CT molecular complexity index is 844. The maximum Gasteiger partial charge on any atom is 0.325 e. The summed E-state index contributed by atoms with van der Waals surface area (Å²) in [6, 6.07) is 11.7. The number of aryl methyl sites for hydroxylation is 2. The van der Waals surface area contributed by atoms with E-state index in [1.54, 1.807) is 12.0 Å². The van der Waals surface area contributed by atoms with Gasteiger partial charge in [-0.2, -0.15) is 0 Å². The molecule has 2 aliphatic heterocycles. The standard InChI is InChI=1S/C20H22N2O3/c1-12-8-13(2)10-14(9-12)22-19(23)21-16-11-20(22,3)25-18-15(16)6-5-7-17(18)24-4/h5-10,16H,11H2,1-4H3,(H,21,23)/t16-,20+/m0/s1. The van der Waals surface area contributed by atoms with Gasteiger partial charge in [-0.25, -0.2) is 4.79 Å². The molecule has 25 heavy (non-hydrogen) atoms. The van der Waals surface area contributed by atoms with Crippen LogP contribution in [-0.2, 0) is 0 Å². The van der Waals surface area contributed by atoms with Crippen molar-refractivity contribution in [1.29, 1.82) is 0 Å². The first-order chi connectivity index (χ1) is 11.9. The lowest BCUT2D eigenvalue weighted by molar-refractivity contribution is 0.0349. The van der Waals surface area contributed by atoms with Crippen molar-refractivity contribution in [2.45, 2.75) is 39.0 Å². The van der Waals surface area contributed by atoms with Crippen molar-refractivity contribution in [3.8, 4) is 11.5 Å². The molecule has 5 heteroatoms. The number of urea groups is 1. The van der Waals surface area contributed by atoms with Gasteiger partial charge in [-0.3, -0.25) is 4.90 Å². The second kappa shape index (κ2) is 5.41. The molecular formula is C20H22N2O3. The number of carbonyl (C=O) groups is 1. The molecule has 130 valence electrons. The predicted molar refractivity (Wildman–Crippen MR) is 96.3 cm³/mol. The Hall–Kier alpha value is -2.69. The number of methoxy groups -OCH3 is 1. The molecule has 0 saturated carbocycles. The van der Waals surface area contributed by atoms with Crippen LogP contribution in [0.1, 0.15) is 36.1 Å². The van der Waals surface area contributed by atoms with Gasteiger partial charge in [0.15, 0.2) is 17.2 Å². The minimum atomic E-state index is -0.769. The van der Waals surface area contributed by atoms with Crippen LogP contribution in [0.3, 0.4) is 0 Å². The Morgan fingerprint density at radius 1 is 1.24 bits per heavy atom. The minimum absolute atomic E-state index is 0.0847. The topological polar surface area (TPSA) is 50.8 Å². The average molecular weight is 338 g/mol. The van der Waals surface area contributed by atoms with Crippen LogP contribution >= 0.6 is 0 Å². The molecular weight excluding hydrogens is 316 g/mol. The number of fused-ring (bicyclic) bond motifs is 4. The molecule has 0 radical (unpaired) electrons. The van der Waals surface area contributed by atoms with Crippen LogP contribution < -0.4 is 19.7 Å². The van der Waals surface area contributed by atoms with E-state index in [4.69, 9.17) is 9.47 Å². The van der Waals surface area contributed by atoms with E-state index >= 15 is 0 Å². The van der Waals surface area contributed by atoms with Crippen LogP contribution in [0.5, 0.6) is 11.5 Å². The van der Waals surface area contributed by atoms with Crippen LogP contribution in [0.15, 0.2) is 36.4 Å². The van der Waals surface area contributed by atoms with Crippen molar-refractivity contribution < 1.29 is 14.3 Å². The number of hydrogen-bond acceptors (Lipinski definition) is 3. The minimum Gasteiger partial charge on any atom is -0.493 e. The van der Waals surface area contributed by atoms with Crippen molar-refractivity contribution >= 4 is 11.7 Å². The zero-order valence-corrected chi connectivity index (χ0v) is 14.9. The number of benzene rings is 2. The maximum atomic E-state index is 12.9. The molecule has 0 aliphatic carbocycles. The summed E-state index contributed by atoms with van der Waals surface area (Å²) in [6.45, 7) is 6.03. The highest BCUT2D eigenvalue weighted by molar-refractivity contribution is 5.95. The molecule has 1 N–H and O–H groups in total. The van der Waals surface area contributed by atoms with Crippen LogP contribution in [-0.4, -0.2) is 18.9 Å². The third-order valence-electron chi connectivity index (χ3n) is 4.95. The lowest BCUT2D eigenvalue weighted by Crippen LogP contribution is -2.65. The highest BCUT2D eigenvalue weighted by Crippen LogP contribution is 2.49. The van der Waals surface area contributed by atoms with Gasteiger partial charge < -0.3 is 14.8 Å². The summed E-state index contributed by atoms with van der Waals surface area (Å²) >= 11 is 0. The van der Waals surface area contributed by atoms with Crippen LogP contribution in [0.25, 0.3) is 0 Å². The molecule has 4 rings (SSSR count). The van der Waals surface area contributed by atoms with E-state index in [2.05, 4.69) is 11.4 Å². The zero-order valence-electron chi connectivity index (χ0n) is 14.9. The normalized spacial score (nSPS) is 24.2. The first kappa shape index (κ1) is 15.8. The number of nitrogens with one attached hydrogen (secondary N) is 1.